The van der Waals surface area contributed by atoms with E-state index in [1.165, 1.54) is 32.2 Å². The first-order chi connectivity index (χ1) is 28.7. The van der Waals surface area contributed by atoms with Gasteiger partial charge in [0.25, 0.3) is 5.91 Å². The second kappa shape index (κ2) is 22.5. The molecule has 3 unspecified atom stereocenters. The molecule has 17 nitrogen and oxygen atoms in total. The average molecular weight is 832 g/mol. The van der Waals surface area contributed by atoms with E-state index in [1.54, 1.807) is 67.3 Å². The van der Waals surface area contributed by atoms with E-state index in [0.29, 0.717) is 35.3 Å². The smallest absolute Gasteiger partial charge is 0.411 e. The van der Waals surface area contributed by atoms with Gasteiger partial charge in [-0.2, -0.15) is 0 Å². The van der Waals surface area contributed by atoms with Crippen molar-refractivity contribution in [1.82, 2.24) is 15.5 Å². The van der Waals surface area contributed by atoms with Gasteiger partial charge in [-0.1, -0.05) is 62.9 Å². The molecule has 1 fully saturated rings. The van der Waals surface area contributed by atoms with E-state index >= 15 is 0 Å². The number of anilines is 2. The lowest BCUT2D eigenvalue weighted by Gasteiger charge is -2.35. The number of ether oxygens (including phenoxy) is 4. The molecule has 0 saturated carbocycles. The number of benzene rings is 3. The molecule has 0 bridgehead atoms. The molecule has 60 heavy (non-hydrogen) atoms. The fraction of sp³-hybridized carbons (Fsp3) is 0.395. The second-order valence-corrected chi connectivity index (χ2v) is 14.4. The molecule has 0 aromatic heterocycles. The molecule has 1 aliphatic heterocycles. The molecule has 1 aliphatic rings. The number of aliphatic hydroxyl groups excluding tert-OH is 1. The van der Waals surface area contributed by atoms with E-state index in [0.717, 1.165) is 12.8 Å². The first-order valence-electron chi connectivity index (χ1n) is 19.5. The van der Waals surface area contributed by atoms with E-state index in [9.17, 15) is 39.0 Å². The molecular weight excluding hydrogens is 778 g/mol. The van der Waals surface area contributed by atoms with Crippen molar-refractivity contribution < 1.29 is 57.9 Å². The van der Waals surface area contributed by atoms with Gasteiger partial charge in [-0.3, -0.25) is 24.5 Å². The highest BCUT2D eigenvalue weighted by Gasteiger charge is 2.31. The SMILES string of the molecule is C=CCOC(=O)NC(C(=O)NC(C)C(=O)Nc1ccc(COC(=O)Nc2cc(OCc3cccc(CC(=O)O)c3)c(OC)cc2C(=O)N2CCCCC2CO)cc1)C(C)C. The van der Waals surface area contributed by atoms with Crippen LogP contribution in [0.4, 0.5) is 21.0 Å². The van der Waals surface area contributed by atoms with Crippen molar-refractivity contribution in [3.8, 4) is 11.5 Å². The van der Waals surface area contributed by atoms with Crippen LogP contribution in [-0.4, -0.2) is 96.0 Å². The number of rotatable bonds is 19. The van der Waals surface area contributed by atoms with Gasteiger partial charge in [0, 0.05) is 18.3 Å². The van der Waals surface area contributed by atoms with Gasteiger partial charge in [-0.05, 0) is 67.0 Å². The van der Waals surface area contributed by atoms with Crippen molar-refractivity contribution in [2.45, 2.75) is 77.8 Å². The molecule has 3 aromatic carbocycles. The van der Waals surface area contributed by atoms with Crippen molar-refractivity contribution in [2.24, 2.45) is 5.92 Å². The number of carbonyl (C=O) groups is 6. The fourth-order valence-electron chi connectivity index (χ4n) is 6.33. The predicted molar refractivity (Wildman–Crippen MR) is 221 cm³/mol. The molecule has 0 spiro atoms. The Labute approximate surface area is 348 Å². The quantitative estimate of drug-likeness (QED) is 0.0876. The van der Waals surface area contributed by atoms with Gasteiger partial charge >= 0.3 is 18.2 Å². The lowest BCUT2D eigenvalue weighted by molar-refractivity contribution is -0.136. The Balaban J connectivity index is 1.43. The number of alkyl carbamates (subject to hydrolysis) is 1. The van der Waals surface area contributed by atoms with Crippen LogP contribution in [0.1, 0.15) is 67.1 Å². The summed E-state index contributed by atoms with van der Waals surface area (Å²) in [4.78, 5) is 77.8. The van der Waals surface area contributed by atoms with Crippen LogP contribution < -0.4 is 30.7 Å². The number of hydrogen-bond acceptors (Lipinski definition) is 11. The molecule has 1 saturated heterocycles. The van der Waals surface area contributed by atoms with Crippen LogP contribution >= 0.6 is 0 Å². The van der Waals surface area contributed by atoms with Crippen molar-refractivity contribution in [2.75, 3.05) is 37.5 Å². The van der Waals surface area contributed by atoms with Gasteiger partial charge in [0.05, 0.1) is 37.4 Å². The molecular formula is C43H53N5O12. The van der Waals surface area contributed by atoms with Crippen LogP contribution in [0.15, 0.2) is 73.3 Å². The van der Waals surface area contributed by atoms with E-state index in [1.807, 2.05) is 0 Å². The molecule has 5 amide bonds. The lowest BCUT2D eigenvalue weighted by atomic mass is 10.0. The van der Waals surface area contributed by atoms with Gasteiger partial charge in [-0.15, -0.1) is 0 Å². The number of nitrogens with zero attached hydrogens (tertiary/aromatic N) is 1. The summed E-state index contributed by atoms with van der Waals surface area (Å²) in [6.07, 6.45) is 1.79. The van der Waals surface area contributed by atoms with Gasteiger partial charge in [-0.25, -0.2) is 9.59 Å². The van der Waals surface area contributed by atoms with Crippen molar-refractivity contribution in [1.29, 1.82) is 0 Å². The highest BCUT2D eigenvalue weighted by atomic mass is 16.6. The Morgan fingerprint density at radius 3 is 2.25 bits per heavy atom. The summed E-state index contributed by atoms with van der Waals surface area (Å²) in [5, 5.41) is 29.7. The van der Waals surface area contributed by atoms with Gasteiger partial charge in [0.15, 0.2) is 11.5 Å². The van der Waals surface area contributed by atoms with Crippen molar-refractivity contribution in [3.63, 3.8) is 0 Å². The maximum atomic E-state index is 14.0. The molecule has 322 valence electrons. The minimum Gasteiger partial charge on any atom is -0.493 e. The molecule has 6 N–H and O–H groups in total. The maximum absolute atomic E-state index is 14.0. The Morgan fingerprint density at radius 2 is 1.58 bits per heavy atom. The van der Waals surface area contributed by atoms with Crippen molar-refractivity contribution >= 4 is 47.3 Å². The molecule has 4 rings (SSSR count). The minimum atomic E-state index is -0.970. The number of methoxy groups -OCH3 is 1. The zero-order valence-corrected chi connectivity index (χ0v) is 34.2. The number of carbonyl (C=O) groups excluding carboxylic acids is 5. The predicted octanol–water partition coefficient (Wildman–Crippen LogP) is 5.02. The molecule has 17 heteroatoms. The third kappa shape index (κ3) is 13.5. The van der Waals surface area contributed by atoms with Gasteiger partial charge in [0.1, 0.15) is 31.9 Å². The number of piperidine rings is 1. The number of aliphatic hydroxyl groups is 1. The Hall–Kier alpha value is -6.62. The number of hydrogen-bond donors (Lipinski definition) is 6. The van der Waals surface area contributed by atoms with E-state index in [4.69, 9.17) is 18.9 Å². The highest BCUT2D eigenvalue weighted by Crippen LogP contribution is 2.36. The monoisotopic (exact) mass is 831 g/mol. The van der Waals surface area contributed by atoms with Crippen LogP contribution in [0, 0.1) is 5.92 Å². The standard InChI is InChI=1S/C43H53N5O12/c1-6-18-58-43(56)47-38(26(2)3)40(53)44-27(4)39(52)45-31-15-13-28(14-16-31)24-60-42(55)46-34-22-36(59-25-30-11-9-10-29(19-30)20-37(50)51)35(57-5)21-33(34)41(54)48-17-8-7-12-32(48)23-49/h6,9-11,13-16,19,21-22,26-27,32,38,49H,1,7-8,12,17-18,20,23-25H2,2-5H3,(H,44,53)(H,45,52)(H,46,55)(H,47,56)(H,50,51). The van der Waals surface area contributed by atoms with Crippen LogP contribution in [0.3, 0.4) is 0 Å². The molecule has 1 heterocycles. The number of carboxylic acid groups (broad SMARTS) is 1. The summed E-state index contributed by atoms with van der Waals surface area (Å²) < 4.78 is 22.1. The third-order valence-electron chi connectivity index (χ3n) is 9.51. The first kappa shape index (κ1) is 46.1. The summed E-state index contributed by atoms with van der Waals surface area (Å²) in [6, 6.07) is 13.9. The largest absolute Gasteiger partial charge is 0.493 e. The van der Waals surface area contributed by atoms with Gasteiger partial charge < -0.3 is 50.0 Å². The maximum Gasteiger partial charge on any atom is 0.411 e. The Bertz CT molecular complexity index is 2000. The van der Waals surface area contributed by atoms with Crippen LogP contribution in [0.5, 0.6) is 11.5 Å². The normalized spacial score (nSPS) is 14.5. The molecule has 3 aromatic rings. The number of carboxylic acids is 1. The van der Waals surface area contributed by atoms with Crippen LogP contribution in [0.25, 0.3) is 0 Å². The van der Waals surface area contributed by atoms with Gasteiger partial charge in [0.2, 0.25) is 11.8 Å². The topological polar surface area (TPSA) is 231 Å². The first-order valence-corrected chi connectivity index (χ1v) is 19.5. The highest BCUT2D eigenvalue weighted by molar-refractivity contribution is 6.04. The van der Waals surface area contributed by atoms with Crippen molar-refractivity contribution in [3.05, 3.63) is 95.6 Å². The zero-order valence-electron chi connectivity index (χ0n) is 34.2. The fourth-order valence-corrected chi connectivity index (χ4v) is 6.33. The summed E-state index contributed by atoms with van der Waals surface area (Å²) in [5.41, 5.74) is 2.41. The Kier molecular flexibility index (Phi) is 17.3. The third-order valence-corrected chi connectivity index (χ3v) is 9.51. The van der Waals surface area contributed by atoms with Crippen LogP contribution in [0.2, 0.25) is 0 Å². The van der Waals surface area contributed by atoms with E-state index in [2.05, 4.69) is 27.8 Å². The zero-order chi connectivity index (χ0) is 43.8. The average Bonchev–Trinajstić information content (AvgIpc) is 3.23. The molecule has 3 atom stereocenters. The Morgan fingerprint density at radius 1 is 0.850 bits per heavy atom. The van der Waals surface area contributed by atoms with E-state index < -0.39 is 54.0 Å². The van der Waals surface area contributed by atoms with E-state index in [-0.39, 0.29) is 61.5 Å². The summed E-state index contributed by atoms with van der Waals surface area (Å²) in [6.45, 7) is 8.46. The molecule has 0 radical (unpaired) electrons. The summed E-state index contributed by atoms with van der Waals surface area (Å²) in [7, 11) is 1.41. The molecule has 0 aliphatic carbocycles. The number of likely N-dealkylation sites (tertiary alicyclic amines) is 1. The number of amides is 5. The second-order valence-electron chi connectivity index (χ2n) is 14.4. The van der Waals surface area contributed by atoms with Crippen LogP contribution in [-0.2, 0) is 43.5 Å². The lowest BCUT2D eigenvalue weighted by Crippen LogP contribution is -2.53. The minimum absolute atomic E-state index is 0.0223. The number of aliphatic carboxylic acids is 1. The summed E-state index contributed by atoms with van der Waals surface area (Å²) >= 11 is 0. The number of nitrogens with one attached hydrogen (secondary N) is 4. The summed E-state index contributed by atoms with van der Waals surface area (Å²) in [5.74, 6) is -2.38.